The van der Waals surface area contributed by atoms with Crippen molar-refractivity contribution in [1.82, 2.24) is 9.79 Å². The van der Waals surface area contributed by atoms with Gasteiger partial charge in [-0.1, -0.05) is 29.8 Å². The summed E-state index contributed by atoms with van der Waals surface area (Å²) in [5.41, 5.74) is 2.68. The summed E-state index contributed by atoms with van der Waals surface area (Å²) in [6.45, 7) is 2.57. The van der Waals surface area contributed by atoms with Gasteiger partial charge in [0.05, 0.1) is 0 Å². The highest BCUT2D eigenvalue weighted by Crippen LogP contribution is 2.33. The SMILES string of the molecule is BN1CCC(c2cccc(OCc3ccc(C(=O)C4CC4)cc3Cl)n2)CC1. The number of piperidine rings is 1. The largest absolute Gasteiger partial charge is 0.473 e. The number of carbonyl (C=O) groups excluding carboxylic acids is 1. The Hall–Kier alpha value is -1.85. The molecule has 6 heteroatoms. The first kappa shape index (κ1) is 18.5. The maximum Gasteiger partial charge on any atom is 0.213 e. The van der Waals surface area contributed by atoms with Crippen LogP contribution in [0.1, 0.15) is 53.2 Å². The molecule has 0 unspecified atom stereocenters. The highest BCUT2D eigenvalue weighted by molar-refractivity contribution is 6.31. The fraction of sp³-hybridized carbons (Fsp3) is 0.429. The molecule has 2 aromatic rings. The highest BCUT2D eigenvalue weighted by Gasteiger charge is 2.30. The third-order valence-electron chi connectivity index (χ3n) is 5.54. The van der Waals surface area contributed by atoms with Crippen molar-refractivity contribution in [1.29, 1.82) is 0 Å². The highest BCUT2D eigenvalue weighted by atomic mass is 35.5. The molecule has 2 aliphatic rings. The van der Waals surface area contributed by atoms with E-state index in [0.717, 1.165) is 50.0 Å². The Kier molecular flexibility index (Phi) is 5.51. The Morgan fingerprint density at radius 1 is 1.19 bits per heavy atom. The van der Waals surface area contributed by atoms with Gasteiger partial charge in [-0.25, -0.2) is 4.98 Å². The number of Topliss-reactive ketones (excluding diaryl/α,β-unsaturated/α-hetero) is 1. The Morgan fingerprint density at radius 3 is 2.67 bits per heavy atom. The van der Waals surface area contributed by atoms with Crippen LogP contribution >= 0.6 is 11.6 Å². The number of benzene rings is 1. The lowest BCUT2D eigenvalue weighted by molar-refractivity contribution is 0.0967. The lowest BCUT2D eigenvalue weighted by atomic mass is 9.92. The molecular weight excluding hydrogens is 359 g/mol. The van der Waals surface area contributed by atoms with Crippen molar-refractivity contribution < 1.29 is 9.53 Å². The summed E-state index contributed by atoms with van der Waals surface area (Å²) in [4.78, 5) is 19.2. The molecule has 4 nitrogen and oxygen atoms in total. The monoisotopic (exact) mass is 382 g/mol. The van der Waals surface area contributed by atoms with Crippen molar-refractivity contribution in [2.24, 2.45) is 5.92 Å². The van der Waals surface area contributed by atoms with Crippen LogP contribution in [0, 0.1) is 5.92 Å². The lowest BCUT2D eigenvalue weighted by Gasteiger charge is -2.29. The average molecular weight is 383 g/mol. The fourth-order valence-electron chi connectivity index (χ4n) is 3.59. The quantitative estimate of drug-likeness (QED) is 0.565. The van der Waals surface area contributed by atoms with Gasteiger partial charge in [-0.05, 0) is 50.9 Å². The molecule has 0 radical (unpaired) electrons. The molecule has 1 aliphatic heterocycles. The Morgan fingerprint density at radius 2 is 1.96 bits per heavy atom. The molecule has 0 amide bonds. The standard InChI is InChI=1S/C21H24BClN2O2/c22-25-10-8-14(9-11-25)19-2-1-3-20(24-19)27-13-17-7-6-16(12-18(17)23)21(26)15-4-5-15/h1-3,6-7,12,14-15H,4-5,8-11,13,22H2. The number of aromatic nitrogens is 1. The summed E-state index contributed by atoms with van der Waals surface area (Å²) in [6.07, 6.45) is 4.27. The molecule has 0 atom stereocenters. The van der Waals surface area contributed by atoms with E-state index in [-0.39, 0.29) is 11.7 Å². The van der Waals surface area contributed by atoms with E-state index in [1.165, 1.54) is 0 Å². The second kappa shape index (κ2) is 8.03. The minimum absolute atomic E-state index is 0.203. The summed E-state index contributed by atoms with van der Waals surface area (Å²) >= 11 is 6.37. The molecule has 2 fully saturated rings. The summed E-state index contributed by atoms with van der Waals surface area (Å²) < 4.78 is 5.89. The number of hydrogen-bond acceptors (Lipinski definition) is 4. The van der Waals surface area contributed by atoms with Crippen LogP contribution in [0.3, 0.4) is 0 Å². The van der Waals surface area contributed by atoms with Crippen LogP contribution in [-0.4, -0.2) is 36.6 Å². The van der Waals surface area contributed by atoms with Gasteiger partial charge < -0.3 is 9.55 Å². The molecular formula is C21H24BClN2O2. The van der Waals surface area contributed by atoms with Gasteiger partial charge in [0, 0.05) is 39.7 Å². The lowest BCUT2D eigenvalue weighted by Crippen LogP contribution is -2.30. The van der Waals surface area contributed by atoms with E-state index < -0.39 is 0 Å². The smallest absolute Gasteiger partial charge is 0.213 e. The van der Waals surface area contributed by atoms with Gasteiger partial charge in [0.15, 0.2) is 13.8 Å². The molecule has 4 rings (SSSR count). The average Bonchev–Trinajstić information content (AvgIpc) is 3.52. The molecule has 140 valence electrons. The van der Waals surface area contributed by atoms with Gasteiger partial charge in [0.25, 0.3) is 0 Å². The number of halogens is 1. The molecule has 1 aromatic carbocycles. The van der Waals surface area contributed by atoms with Crippen LogP contribution in [0.5, 0.6) is 5.88 Å². The molecule has 27 heavy (non-hydrogen) atoms. The van der Waals surface area contributed by atoms with Crippen molar-refractivity contribution in [3.63, 3.8) is 0 Å². The fourth-order valence-corrected chi connectivity index (χ4v) is 3.83. The minimum Gasteiger partial charge on any atom is -0.473 e. The Balaban J connectivity index is 1.40. The zero-order valence-corrected chi connectivity index (χ0v) is 16.4. The number of pyridine rings is 1. The maximum absolute atomic E-state index is 12.2. The number of ketones is 1. The van der Waals surface area contributed by atoms with Crippen molar-refractivity contribution in [2.75, 3.05) is 13.1 Å². The molecule has 1 aliphatic carbocycles. The van der Waals surface area contributed by atoms with Gasteiger partial charge in [-0.2, -0.15) is 0 Å². The summed E-state index contributed by atoms with van der Waals surface area (Å²) in [5, 5.41) is 0.577. The van der Waals surface area contributed by atoms with Crippen molar-refractivity contribution >= 4 is 25.4 Å². The summed E-state index contributed by atoms with van der Waals surface area (Å²) in [6, 6.07) is 11.5. The predicted octanol–water partition coefficient (Wildman–Crippen LogP) is 3.63. The van der Waals surface area contributed by atoms with Gasteiger partial charge in [-0.15, -0.1) is 0 Å². The van der Waals surface area contributed by atoms with E-state index in [1.807, 2.05) is 24.3 Å². The van der Waals surface area contributed by atoms with Gasteiger partial charge in [0.1, 0.15) is 6.61 Å². The zero-order valence-electron chi connectivity index (χ0n) is 15.7. The van der Waals surface area contributed by atoms with E-state index in [4.69, 9.17) is 21.3 Å². The van der Waals surface area contributed by atoms with Gasteiger partial charge >= 0.3 is 0 Å². The molecule has 2 heterocycles. The maximum atomic E-state index is 12.2. The van der Waals surface area contributed by atoms with Crippen LogP contribution in [0.4, 0.5) is 0 Å². The van der Waals surface area contributed by atoms with E-state index >= 15 is 0 Å². The van der Waals surface area contributed by atoms with Crippen molar-refractivity contribution in [3.05, 3.63) is 58.2 Å². The van der Waals surface area contributed by atoms with E-state index in [1.54, 1.807) is 6.07 Å². The topological polar surface area (TPSA) is 42.4 Å². The molecule has 1 saturated heterocycles. The third kappa shape index (κ3) is 4.53. The second-order valence-electron chi connectivity index (χ2n) is 7.71. The number of ether oxygens (including phenoxy) is 1. The van der Waals surface area contributed by atoms with E-state index in [0.29, 0.717) is 29.0 Å². The van der Waals surface area contributed by atoms with E-state index in [9.17, 15) is 4.79 Å². The van der Waals surface area contributed by atoms with E-state index in [2.05, 4.69) is 18.9 Å². The summed E-state index contributed by atoms with van der Waals surface area (Å²) in [5.74, 6) is 1.54. The number of rotatable bonds is 6. The molecule has 0 bridgehead atoms. The molecule has 0 spiro atoms. The number of carbonyl (C=O) groups is 1. The van der Waals surface area contributed by atoms with Crippen molar-refractivity contribution in [3.8, 4) is 5.88 Å². The first-order valence-corrected chi connectivity index (χ1v) is 10.1. The van der Waals surface area contributed by atoms with Crippen LogP contribution in [-0.2, 0) is 6.61 Å². The van der Waals surface area contributed by atoms with Gasteiger partial charge in [-0.3, -0.25) is 4.79 Å². The minimum atomic E-state index is 0.203. The van der Waals surface area contributed by atoms with Crippen molar-refractivity contribution in [2.45, 2.75) is 38.2 Å². The normalized spacial score (nSPS) is 18.4. The summed E-state index contributed by atoms with van der Waals surface area (Å²) in [7, 11) is 2.16. The Bertz CT molecular complexity index is 833. The molecule has 1 aromatic heterocycles. The van der Waals surface area contributed by atoms with Crippen LogP contribution < -0.4 is 4.74 Å². The Labute approximate surface area is 166 Å². The number of hydrogen-bond donors (Lipinski definition) is 0. The van der Waals surface area contributed by atoms with Crippen LogP contribution in [0.15, 0.2) is 36.4 Å². The van der Waals surface area contributed by atoms with Crippen LogP contribution in [0.25, 0.3) is 0 Å². The molecule has 1 saturated carbocycles. The molecule has 0 N–H and O–H groups in total. The van der Waals surface area contributed by atoms with Gasteiger partial charge in [0.2, 0.25) is 5.88 Å². The first-order valence-electron chi connectivity index (χ1n) is 9.71. The predicted molar refractivity (Wildman–Crippen MR) is 109 cm³/mol. The van der Waals surface area contributed by atoms with Crippen LogP contribution in [0.2, 0.25) is 5.02 Å². The zero-order chi connectivity index (χ0) is 18.8. The second-order valence-corrected chi connectivity index (χ2v) is 8.12. The first-order chi connectivity index (χ1) is 13.1. The third-order valence-corrected chi connectivity index (χ3v) is 5.90. The number of nitrogens with zero attached hydrogens (tertiary/aromatic N) is 2.